The third-order valence-electron chi connectivity index (χ3n) is 2.06. The van der Waals surface area contributed by atoms with Gasteiger partial charge < -0.3 is 4.98 Å². The summed E-state index contributed by atoms with van der Waals surface area (Å²) in [6.45, 7) is 0. The van der Waals surface area contributed by atoms with E-state index in [1.807, 2.05) is 0 Å². The molecule has 5 heteroatoms. The Kier molecular flexibility index (Phi) is 2.26. The minimum Gasteiger partial charge on any atom is -0.358 e. The second-order valence-corrected chi connectivity index (χ2v) is 5.74. The van der Waals surface area contributed by atoms with Crippen molar-refractivity contribution in [3.05, 3.63) is 35.8 Å². The van der Waals surface area contributed by atoms with Gasteiger partial charge in [0.25, 0.3) is 0 Å². The van der Waals surface area contributed by atoms with E-state index in [1.54, 1.807) is 12.1 Å². The molecule has 2 aromatic rings. The molecule has 3 nitrogen and oxygen atoms in total. The van der Waals surface area contributed by atoms with Crippen LogP contribution in [0.2, 0.25) is 0 Å². The van der Waals surface area contributed by atoms with Crippen molar-refractivity contribution in [3.8, 4) is 0 Å². The van der Waals surface area contributed by atoms with E-state index in [1.165, 1.54) is 18.4 Å². The molecule has 0 spiro atoms. The minimum atomic E-state index is -3.06. The van der Waals surface area contributed by atoms with Gasteiger partial charge in [0.1, 0.15) is 5.82 Å². The first-order chi connectivity index (χ1) is 6.94. The molecule has 0 saturated carbocycles. The van der Waals surface area contributed by atoms with Gasteiger partial charge in [0.05, 0.1) is 5.75 Å². The maximum absolute atomic E-state index is 12.9. The third-order valence-corrected chi connectivity index (χ3v) is 2.89. The lowest BCUT2D eigenvalue weighted by atomic mass is 10.2. The fraction of sp³-hybridized carbons (Fsp3) is 0.200. The lowest BCUT2D eigenvalue weighted by Gasteiger charge is -1.92. The molecule has 1 aromatic heterocycles. The van der Waals surface area contributed by atoms with Crippen LogP contribution in [0.4, 0.5) is 4.39 Å². The van der Waals surface area contributed by atoms with Gasteiger partial charge in [0, 0.05) is 22.9 Å². The number of aromatic nitrogens is 1. The second-order valence-electron chi connectivity index (χ2n) is 3.60. The van der Waals surface area contributed by atoms with Crippen LogP contribution in [-0.2, 0) is 15.6 Å². The molecule has 1 aromatic carbocycles. The van der Waals surface area contributed by atoms with Crippen LogP contribution in [0.1, 0.15) is 5.69 Å². The maximum Gasteiger partial charge on any atom is 0.153 e. The quantitative estimate of drug-likeness (QED) is 0.851. The highest BCUT2D eigenvalue weighted by atomic mass is 32.2. The summed E-state index contributed by atoms with van der Waals surface area (Å²) in [7, 11) is -3.06. The van der Waals surface area contributed by atoms with E-state index in [-0.39, 0.29) is 11.6 Å². The average Bonchev–Trinajstić information content (AvgIpc) is 2.42. The summed E-state index contributed by atoms with van der Waals surface area (Å²) in [5, 5.41) is 0.689. The van der Waals surface area contributed by atoms with Crippen molar-refractivity contribution in [2.45, 2.75) is 5.75 Å². The molecule has 0 saturated heterocycles. The highest BCUT2D eigenvalue weighted by molar-refractivity contribution is 7.89. The van der Waals surface area contributed by atoms with Crippen LogP contribution in [0.25, 0.3) is 10.9 Å². The number of rotatable bonds is 2. The van der Waals surface area contributed by atoms with Crippen LogP contribution < -0.4 is 0 Å². The molecule has 0 aliphatic carbocycles. The normalized spacial score (nSPS) is 12.1. The van der Waals surface area contributed by atoms with Crippen molar-refractivity contribution in [2.75, 3.05) is 6.26 Å². The minimum absolute atomic E-state index is 0.0523. The molecule has 0 amide bonds. The van der Waals surface area contributed by atoms with Gasteiger partial charge in [0.15, 0.2) is 9.84 Å². The molecule has 0 aliphatic rings. The first kappa shape index (κ1) is 10.2. The summed E-state index contributed by atoms with van der Waals surface area (Å²) in [4.78, 5) is 2.93. The fourth-order valence-electron chi connectivity index (χ4n) is 1.52. The lowest BCUT2D eigenvalue weighted by Crippen LogP contribution is -2.00. The zero-order chi connectivity index (χ0) is 11.1. The molecule has 0 aliphatic heterocycles. The topological polar surface area (TPSA) is 49.9 Å². The first-order valence-electron chi connectivity index (χ1n) is 4.39. The summed E-state index contributed by atoms with van der Waals surface area (Å²) < 4.78 is 35.0. The SMILES string of the molecule is CS(=O)(=O)Cc1cc2cc(F)ccc2[nH]1. The van der Waals surface area contributed by atoms with Crippen molar-refractivity contribution in [2.24, 2.45) is 0 Å². The highest BCUT2D eigenvalue weighted by Gasteiger charge is 2.07. The van der Waals surface area contributed by atoms with E-state index in [0.29, 0.717) is 11.1 Å². The number of halogens is 1. The molecule has 80 valence electrons. The Labute approximate surface area is 86.8 Å². The monoisotopic (exact) mass is 227 g/mol. The summed E-state index contributed by atoms with van der Waals surface area (Å²) in [6, 6.07) is 5.95. The highest BCUT2D eigenvalue weighted by Crippen LogP contribution is 2.17. The number of hydrogen-bond donors (Lipinski definition) is 1. The molecule has 0 fully saturated rings. The van der Waals surface area contributed by atoms with E-state index in [4.69, 9.17) is 0 Å². The number of fused-ring (bicyclic) bond motifs is 1. The molecule has 0 atom stereocenters. The van der Waals surface area contributed by atoms with E-state index in [2.05, 4.69) is 4.98 Å². The summed E-state index contributed by atoms with van der Waals surface area (Å²) >= 11 is 0. The number of aromatic amines is 1. The van der Waals surface area contributed by atoms with Crippen molar-refractivity contribution >= 4 is 20.7 Å². The smallest absolute Gasteiger partial charge is 0.153 e. The Morgan fingerprint density at radius 2 is 2.07 bits per heavy atom. The summed E-state index contributed by atoms with van der Waals surface area (Å²) in [5.74, 6) is -0.379. The van der Waals surface area contributed by atoms with Gasteiger partial charge >= 0.3 is 0 Å². The Morgan fingerprint density at radius 1 is 1.33 bits per heavy atom. The average molecular weight is 227 g/mol. The predicted molar refractivity (Wildman–Crippen MR) is 56.8 cm³/mol. The molecule has 2 rings (SSSR count). The van der Waals surface area contributed by atoms with E-state index in [9.17, 15) is 12.8 Å². The summed E-state index contributed by atoms with van der Waals surface area (Å²) in [6.07, 6.45) is 1.17. The molecule has 1 N–H and O–H groups in total. The van der Waals surface area contributed by atoms with Gasteiger partial charge in [-0.25, -0.2) is 12.8 Å². The predicted octanol–water partition coefficient (Wildman–Crippen LogP) is 1.85. The Bertz CT molecular complexity index is 601. The van der Waals surface area contributed by atoms with Gasteiger partial charge in [0.2, 0.25) is 0 Å². The van der Waals surface area contributed by atoms with E-state index in [0.717, 1.165) is 5.52 Å². The number of hydrogen-bond acceptors (Lipinski definition) is 2. The summed E-state index contributed by atoms with van der Waals surface area (Å²) in [5.41, 5.74) is 1.33. The number of H-pyrrole nitrogens is 1. The van der Waals surface area contributed by atoms with Crippen LogP contribution in [0.15, 0.2) is 24.3 Å². The Morgan fingerprint density at radius 3 is 2.73 bits per heavy atom. The number of sulfone groups is 1. The van der Waals surface area contributed by atoms with Crippen molar-refractivity contribution in [3.63, 3.8) is 0 Å². The standard InChI is InChI=1S/C10H10FNO2S/c1-15(13,14)6-9-5-7-4-8(11)2-3-10(7)12-9/h2-5,12H,6H2,1H3. The first-order valence-corrected chi connectivity index (χ1v) is 6.45. The Balaban J connectivity index is 2.48. The van der Waals surface area contributed by atoms with Crippen LogP contribution in [-0.4, -0.2) is 19.7 Å². The van der Waals surface area contributed by atoms with Crippen molar-refractivity contribution in [1.29, 1.82) is 0 Å². The van der Waals surface area contributed by atoms with Gasteiger partial charge in [-0.1, -0.05) is 0 Å². The fourth-order valence-corrected chi connectivity index (χ4v) is 2.24. The van der Waals surface area contributed by atoms with Gasteiger partial charge in [-0.2, -0.15) is 0 Å². The lowest BCUT2D eigenvalue weighted by molar-refractivity contribution is 0.600. The maximum atomic E-state index is 12.9. The Hall–Kier alpha value is -1.36. The van der Waals surface area contributed by atoms with Crippen molar-refractivity contribution < 1.29 is 12.8 Å². The molecule has 0 bridgehead atoms. The molecule has 0 unspecified atom stereocenters. The molecule has 0 radical (unpaired) electrons. The van der Waals surface area contributed by atoms with E-state index < -0.39 is 9.84 Å². The molecule has 15 heavy (non-hydrogen) atoms. The third kappa shape index (κ3) is 2.36. The molecule has 1 heterocycles. The van der Waals surface area contributed by atoms with Crippen LogP contribution >= 0.6 is 0 Å². The molecular weight excluding hydrogens is 217 g/mol. The van der Waals surface area contributed by atoms with Gasteiger partial charge in [-0.05, 0) is 24.3 Å². The van der Waals surface area contributed by atoms with Crippen molar-refractivity contribution in [1.82, 2.24) is 4.98 Å². The molecular formula is C10H10FNO2S. The van der Waals surface area contributed by atoms with Gasteiger partial charge in [-0.3, -0.25) is 0 Å². The van der Waals surface area contributed by atoms with E-state index >= 15 is 0 Å². The van der Waals surface area contributed by atoms with Crippen LogP contribution in [0.3, 0.4) is 0 Å². The zero-order valence-electron chi connectivity index (χ0n) is 8.12. The van der Waals surface area contributed by atoms with Gasteiger partial charge in [-0.15, -0.1) is 0 Å². The number of benzene rings is 1. The second kappa shape index (κ2) is 3.34. The van der Waals surface area contributed by atoms with Crippen LogP contribution in [0.5, 0.6) is 0 Å². The zero-order valence-corrected chi connectivity index (χ0v) is 8.94. The number of nitrogens with one attached hydrogen (secondary N) is 1. The van der Waals surface area contributed by atoms with Crippen LogP contribution in [0, 0.1) is 5.82 Å². The largest absolute Gasteiger partial charge is 0.358 e.